The van der Waals surface area contributed by atoms with E-state index in [0.717, 1.165) is 48.6 Å². The van der Waals surface area contributed by atoms with Crippen LogP contribution in [0.5, 0.6) is 0 Å². The summed E-state index contributed by atoms with van der Waals surface area (Å²) in [5, 5.41) is 3.69. The van der Waals surface area contributed by atoms with Gasteiger partial charge < -0.3 is 5.32 Å². The van der Waals surface area contributed by atoms with Gasteiger partial charge in [-0.15, -0.1) is 0 Å². The Balaban J connectivity index is 1.37. The van der Waals surface area contributed by atoms with E-state index in [4.69, 9.17) is 11.6 Å². The Kier molecular flexibility index (Phi) is 7.30. The number of hydrogen-bond donors (Lipinski definition) is 1. The van der Waals surface area contributed by atoms with Gasteiger partial charge in [0.1, 0.15) is 5.82 Å². The lowest BCUT2D eigenvalue weighted by Gasteiger charge is -2.32. The fourth-order valence-electron chi connectivity index (χ4n) is 4.02. The monoisotopic (exact) mass is 449 g/mol. The van der Waals surface area contributed by atoms with Crippen molar-refractivity contribution >= 4 is 29.3 Å². The van der Waals surface area contributed by atoms with E-state index >= 15 is 0 Å². The highest BCUT2D eigenvalue weighted by Crippen LogP contribution is 2.34. The molecule has 164 valence electrons. The highest BCUT2D eigenvalue weighted by atomic mass is 35.5. The zero-order valence-electron chi connectivity index (χ0n) is 17.7. The summed E-state index contributed by atoms with van der Waals surface area (Å²) in [6.07, 6.45) is 9.25. The zero-order valence-corrected chi connectivity index (χ0v) is 18.4. The number of piperidine rings is 1. The van der Waals surface area contributed by atoms with E-state index in [1.54, 1.807) is 36.7 Å². The molecule has 3 aromatic rings. The third-order valence-corrected chi connectivity index (χ3v) is 6.03. The molecule has 32 heavy (non-hydrogen) atoms. The van der Waals surface area contributed by atoms with Gasteiger partial charge in [-0.05, 0) is 85.4 Å². The second-order valence-corrected chi connectivity index (χ2v) is 8.39. The molecule has 2 aromatic carbocycles. The molecule has 4 rings (SSSR count). The molecule has 2 heterocycles. The van der Waals surface area contributed by atoms with Gasteiger partial charge in [-0.1, -0.05) is 35.9 Å². The van der Waals surface area contributed by atoms with Gasteiger partial charge in [-0.3, -0.25) is 14.7 Å². The maximum absolute atomic E-state index is 14.0. The summed E-state index contributed by atoms with van der Waals surface area (Å²) in [6.45, 7) is 2.71. The molecule has 0 unspecified atom stereocenters. The number of anilines is 1. The number of aromatic nitrogens is 1. The lowest BCUT2D eigenvalue weighted by atomic mass is 9.88. The number of nitrogens with zero attached hydrogens (tertiary/aromatic N) is 2. The first-order valence-corrected chi connectivity index (χ1v) is 11.1. The summed E-state index contributed by atoms with van der Waals surface area (Å²) < 4.78 is 14.0. The van der Waals surface area contributed by atoms with Gasteiger partial charge >= 0.3 is 0 Å². The van der Waals surface area contributed by atoms with Gasteiger partial charge in [0.25, 0.3) is 5.91 Å². The van der Waals surface area contributed by atoms with Crippen molar-refractivity contribution in [3.63, 3.8) is 0 Å². The Morgan fingerprint density at radius 2 is 1.81 bits per heavy atom. The number of pyridine rings is 1. The van der Waals surface area contributed by atoms with Crippen LogP contribution in [0.25, 0.3) is 6.08 Å². The summed E-state index contributed by atoms with van der Waals surface area (Å²) >= 11 is 5.93. The van der Waals surface area contributed by atoms with Crippen LogP contribution in [0.1, 0.15) is 40.2 Å². The fraction of sp³-hybridized carbons (Fsp3) is 0.231. The van der Waals surface area contributed by atoms with E-state index in [9.17, 15) is 9.18 Å². The molecule has 1 aliphatic heterocycles. The van der Waals surface area contributed by atoms with Crippen LogP contribution in [-0.2, 0) is 0 Å². The number of hydrogen-bond acceptors (Lipinski definition) is 3. The maximum atomic E-state index is 14.0. The number of carbonyl (C=O) groups excluding carboxylic acids is 1. The number of carbonyl (C=O) groups is 1. The van der Waals surface area contributed by atoms with Crippen LogP contribution in [0.3, 0.4) is 0 Å². The quantitative estimate of drug-likeness (QED) is 0.500. The van der Waals surface area contributed by atoms with Gasteiger partial charge in [0.2, 0.25) is 0 Å². The minimum Gasteiger partial charge on any atom is -0.322 e. The van der Waals surface area contributed by atoms with Gasteiger partial charge in [0, 0.05) is 35.2 Å². The molecule has 1 aromatic heterocycles. The Morgan fingerprint density at radius 1 is 1.09 bits per heavy atom. The van der Waals surface area contributed by atoms with Gasteiger partial charge in [-0.25, -0.2) is 4.39 Å². The molecule has 1 aliphatic rings. The van der Waals surface area contributed by atoms with Crippen molar-refractivity contribution in [3.8, 4) is 0 Å². The van der Waals surface area contributed by atoms with E-state index in [1.807, 2.05) is 24.3 Å². The number of amides is 1. The van der Waals surface area contributed by atoms with Gasteiger partial charge in [-0.2, -0.15) is 0 Å². The molecule has 1 saturated heterocycles. The largest absolute Gasteiger partial charge is 0.322 e. The van der Waals surface area contributed by atoms with Crippen LogP contribution in [0.4, 0.5) is 10.1 Å². The summed E-state index contributed by atoms with van der Waals surface area (Å²) in [7, 11) is 0. The molecule has 6 heteroatoms. The number of likely N-dealkylation sites (tertiary alicyclic amines) is 1. The topological polar surface area (TPSA) is 45.2 Å². The third kappa shape index (κ3) is 5.81. The number of halogens is 2. The third-order valence-electron chi connectivity index (χ3n) is 5.78. The van der Waals surface area contributed by atoms with Crippen LogP contribution in [0.2, 0.25) is 5.02 Å². The summed E-state index contributed by atoms with van der Waals surface area (Å²) in [6, 6.07) is 15.7. The highest BCUT2D eigenvalue weighted by Gasteiger charge is 2.23. The molecule has 1 amide bonds. The summed E-state index contributed by atoms with van der Waals surface area (Å²) in [5.41, 5.74) is 3.19. The van der Waals surface area contributed by atoms with E-state index in [2.05, 4.69) is 27.4 Å². The lowest BCUT2D eigenvalue weighted by Crippen LogP contribution is -2.33. The van der Waals surface area contributed by atoms with Gasteiger partial charge in [0.15, 0.2) is 0 Å². The van der Waals surface area contributed by atoms with Crippen molar-refractivity contribution in [1.29, 1.82) is 0 Å². The zero-order chi connectivity index (χ0) is 22.3. The Morgan fingerprint density at radius 3 is 2.53 bits per heavy atom. The van der Waals surface area contributed by atoms with Crippen molar-refractivity contribution in [1.82, 2.24) is 9.88 Å². The molecule has 0 radical (unpaired) electrons. The predicted octanol–water partition coefficient (Wildman–Crippen LogP) is 6.02. The van der Waals surface area contributed by atoms with Gasteiger partial charge in [0.05, 0.1) is 0 Å². The molecule has 0 spiro atoms. The van der Waals surface area contributed by atoms with Crippen LogP contribution >= 0.6 is 11.6 Å². The van der Waals surface area contributed by atoms with Crippen molar-refractivity contribution < 1.29 is 9.18 Å². The Bertz CT molecular complexity index is 1080. The first-order valence-electron chi connectivity index (χ1n) is 10.7. The molecule has 1 fully saturated rings. The Hall–Kier alpha value is -3.02. The standard InChI is InChI=1S/C26H25ClFN3O/c27-22-5-3-19(4-6-22)2-1-15-31-16-11-20(12-17-31)24-18-23(28)7-8-25(24)30-26(32)21-9-13-29-14-10-21/h1-10,13-14,18,20H,11-12,15-17H2,(H,30,32). The first-order chi connectivity index (χ1) is 15.6. The number of benzene rings is 2. The molecule has 0 saturated carbocycles. The van der Waals surface area contributed by atoms with Crippen molar-refractivity contribution in [2.45, 2.75) is 18.8 Å². The van der Waals surface area contributed by atoms with E-state index in [0.29, 0.717) is 11.3 Å². The predicted molar refractivity (Wildman–Crippen MR) is 127 cm³/mol. The van der Waals surface area contributed by atoms with Crippen LogP contribution in [-0.4, -0.2) is 35.4 Å². The number of nitrogens with one attached hydrogen (secondary N) is 1. The molecular formula is C26H25ClFN3O. The summed E-state index contributed by atoms with van der Waals surface area (Å²) in [4.78, 5) is 18.9. The maximum Gasteiger partial charge on any atom is 0.255 e. The summed E-state index contributed by atoms with van der Waals surface area (Å²) in [5.74, 6) is -0.296. The molecule has 0 aliphatic carbocycles. The van der Waals surface area contributed by atoms with Crippen LogP contribution < -0.4 is 5.32 Å². The molecule has 1 N–H and O–H groups in total. The minimum absolute atomic E-state index is 0.204. The van der Waals surface area contributed by atoms with Crippen molar-refractivity contribution in [2.24, 2.45) is 0 Å². The van der Waals surface area contributed by atoms with E-state index < -0.39 is 0 Å². The smallest absolute Gasteiger partial charge is 0.255 e. The molecule has 0 bridgehead atoms. The van der Waals surface area contributed by atoms with Crippen molar-refractivity contribution in [3.05, 3.63) is 101 Å². The normalized spacial score (nSPS) is 15.2. The Labute approximate surface area is 192 Å². The minimum atomic E-state index is -0.282. The van der Waals surface area contributed by atoms with E-state index in [1.165, 1.54) is 6.07 Å². The lowest BCUT2D eigenvalue weighted by molar-refractivity contribution is 0.102. The highest BCUT2D eigenvalue weighted by molar-refractivity contribution is 6.30. The first kappa shape index (κ1) is 22.2. The average molecular weight is 450 g/mol. The van der Waals surface area contributed by atoms with E-state index in [-0.39, 0.29) is 17.6 Å². The second kappa shape index (κ2) is 10.5. The molecule has 0 atom stereocenters. The average Bonchev–Trinajstić information content (AvgIpc) is 2.82. The van der Waals surface area contributed by atoms with Crippen LogP contribution in [0, 0.1) is 5.82 Å². The molecule has 4 nitrogen and oxygen atoms in total. The fourth-order valence-corrected chi connectivity index (χ4v) is 4.15. The number of rotatable bonds is 6. The molecular weight excluding hydrogens is 425 g/mol. The second-order valence-electron chi connectivity index (χ2n) is 7.95. The van der Waals surface area contributed by atoms with Crippen LogP contribution in [0.15, 0.2) is 73.1 Å². The SMILES string of the molecule is O=C(Nc1ccc(F)cc1C1CCN(CC=Cc2ccc(Cl)cc2)CC1)c1ccncc1. The van der Waals surface area contributed by atoms with Crippen molar-refractivity contribution in [2.75, 3.05) is 25.0 Å².